The van der Waals surface area contributed by atoms with E-state index in [9.17, 15) is 9.59 Å². The molecule has 0 bridgehead atoms. The third-order valence-electron chi connectivity index (χ3n) is 3.56. The Hall–Kier alpha value is -0.620. The zero-order chi connectivity index (χ0) is 14.7. The van der Waals surface area contributed by atoms with Crippen LogP contribution in [0, 0.1) is 0 Å². The summed E-state index contributed by atoms with van der Waals surface area (Å²) in [4.78, 5) is 28.8. The standard InChI is InChI=1S/C14H18Br2N2O2/c1-2-3-4-5-6-7-8-18-13(19)9-10(14(18)20)12(16)17-11(9)15/h17H,2-8H2,1H3. The Morgan fingerprint density at radius 1 is 0.900 bits per heavy atom. The molecule has 1 aromatic heterocycles. The van der Waals surface area contributed by atoms with Crippen molar-refractivity contribution in [3.05, 3.63) is 20.3 Å². The van der Waals surface area contributed by atoms with Gasteiger partial charge >= 0.3 is 0 Å². The molecule has 2 heterocycles. The largest absolute Gasteiger partial charge is 0.343 e. The number of aromatic amines is 1. The highest BCUT2D eigenvalue weighted by molar-refractivity contribution is 9.11. The number of H-pyrrole nitrogens is 1. The lowest BCUT2D eigenvalue weighted by molar-refractivity contribution is 0.0649. The highest BCUT2D eigenvalue weighted by Crippen LogP contribution is 2.34. The van der Waals surface area contributed by atoms with Gasteiger partial charge in [0, 0.05) is 6.54 Å². The smallest absolute Gasteiger partial charge is 0.264 e. The van der Waals surface area contributed by atoms with Crippen molar-refractivity contribution in [3.63, 3.8) is 0 Å². The third-order valence-corrected chi connectivity index (χ3v) is 4.75. The molecule has 0 aromatic carbocycles. The molecule has 1 N–H and O–H groups in total. The summed E-state index contributed by atoms with van der Waals surface area (Å²) in [5.41, 5.74) is 0.903. The highest BCUT2D eigenvalue weighted by Gasteiger charge is 2.40. The second-order valence-electron chi connectivity index (χ2n) is 5.03. The van der Waals surface area contributed by atoms with Crippen LogP contribution < -0.4 is 0 Å². The first-order chi connectivity index (χ1) is 9.57. The van der Waals surface area contributed by atoms with Gasteiger partial charge in [-0.05, 0) is 38.3 Å². The van der Waals surface area contributed by atoms with Crippen LogP contribution in [0.25, 0.3) is 0 Å². The van der Waals surface area contributed by atoms with Crippen molar-refractivity contribution in [1.82, 2.24) is 9.88 Å². The monoisotopic (exact) mass is 404 g/mol. The van der Waals surface area contributed by atoms with E-state index in [4.69, 9.17) is 0 Å². The summed E-state index contributed by atoms with van der Waals surface area (Å²) in [6, 6.07) is 0. The van der Waals surface area contributed by atoms with Crippen LogP contribution in [0.1, 0.15) is 66.2 Å². The van der Waals surface area contributed by atoms with E-state index in [1.165, 1.54) is 30.6 Å². The number of hydrogen-bond acceptors (Lipinski definition) is 2. The zero-order valence-electron chi connectivity index (χ0n) is 11.5. The van der Waals surface area contributed by atoms with Gasteiger partial charge in [0.2, 0.25) is 0 Å². The molecule has 0 unspecified atom stereocenters. The fourth-order valence-electron chi connectivity index (χ4n) is 2.46. The lowest BCUT2D eigenvalue weighted by atomic mass is 10.1. The van der Waals surface area contributed by atoms with E-state index < -0.39 is 0 Å². The van der Waals surface area contributed by atoms with Crippen molar-refractivity contribution in [1.29, 1.82) is 0 Å². The van der Waals surface area contributed by atoms with Crippen LogP contribution in [0.2, 0.25) is 0 Å². The van der Waals surface area contributed by atoms with E-state index in [-0.39, 0.29) is 11.8 Å². The third kappa shape index (κ3) is 3.01. The van der Waals surface area contributed by atoms with Crippen LogP contribution in [0.4, 0.5) is 0 Å². The molecular formula is C14H18Br2N2O2. The number of hydrogen-bond donors (Lipinski definition) is 1. The SMILES string of the molecule is CCCCCCCCN1C(=O)c2c(Br)[nH]c(Br)c2C1=O. The topological polar surface area (TPSA) is 53.2 Å². The summed E-state index contributed by atoms with van der Waals surface area (Å²) in [6.45, 7) is 2.70. The molecule has 2 amide bonds. The van der Waals surface area contributed by atoms with E-state index in [0.717, 1.165) is 12.8 Å². The Kier molecular flexibility index (Phi) is 5.43. The van der Waals surface area contributed by atoms with Crippen molar-refractivity contribution in [3.8, 4) is 0 Å². The average Bonchev–Trinajstić information content (AvgIpc) is 2.84. The molecule has 0 saturated heterocycles. The van der Waals surface area contributed by atoms with Crippen LogP contribution in [0.3, 0.4) is 0 Å². The molecule has 1 aliphatic rings. The van der Waals surface area contributed by atoms with Gasteiger partial charge < -0.3 is 4.98 Å². The molecule has 1 aromatic rings. The van der Waals surface area contributed by atoms with E-state index in [1.54, 1.807) is 0 Å². The first-order valence-electron chi connectivity index (χ1n) is 7.01. The molecule has 0 aliphatic carbocycles. The number of imide groups is 1. The number of rotatable bonds is 7. The Bertz CT molecular complexity index is 489. The van der Waals surface area contributed by atoms with Crippen molar-refractivity contribution in [2.45, 2.75) is 45.4 Å². The lowest BCUT2D eigenvalue weighted by Gasteiger charge is -2.14. The second kappa shape index (κ2) is 6.89. The fraction of sp³-hybridized carbons (Fsp3) is 0.571. The number of carbonyl (C=O) groups excluding carboxylic acids is 2. The summed E-state index contributed by atoms with van der Waals surface area (Å²) in [7, 11) is 0. The predicted octanol–water partition coefficient (Wildman–Crippen LogP) is 4.50. The molecule has 20 heavy (non-hydrogen) atoms. The lowest BCUT2D eigenvalue weighted by Crippen LogP contribution is -2.31. The number of unbranched alkanes of at least 4 members (excludes halogenated alkanes) is 5. The number of halogens is 2. The van der Waals surface area contributed by atoms with Gasteiger partial charge in [-0.2, -0.15) is 0 Å². The summed E-state index contributed by atoms with van der Waals surface area (Å²) >= 11 is 6.58. The number of aromatic nitrogens is 1. The normalized spacial score (nSPS) is 14.2. The first-order valence-corrected chi connectivity index (χ1v) is 8.59. The molecule has 0 spiro atoms. The number of nitrogens with one attached hydrogen (secondary N) is 1. The second-order valence-corrected chi connectivity index (χ2v) is 6.62. The average molecular weight is 406 g/mol. The maximum absolute atomic E-state index is 12.2. The van der Waals surface area contributed by atoms with E-state index in [2.05, 4.69) is 43.8 Å². The summed E-state index contributed by atoms with van der Waals surface area (Å²) in [6.07, 6.45) is 6.83. The Morgan fingerprint density at radius 2 is 1.40 bits per heavy atom. The Labute approximate surface area is 135 Å². The zero-order valence-corrected chi connectivity index (χ0v) is 14.6. The molecule has 0 saturated carbocycles. The number of fused-ring (bicyclic) bond motifs is 1. The van der Waals surface area contributed by atoms with Crippen LogP contribution in [-0.4, -0.2) is 28.2 Å². The van der Waals surface area contributed by atoms with Gasteiger partial charge in [0.25, 0.3) is 11.8 Å². The minimum Gasteiger partial charge on any atom is -0.343 e. The molecule has 110 valence electrons. The number of nitrogens with zero attached hydrogens (tertiary/aromatic N) is 1. The van der Waals surface area contributed by atoms with E-state index >= 15 is 0 Å². The number of carbonyl (C=O) groups is 2. The van der Waals surface area contributed by atoms with Gasteiger partial charge in [0.05, 0.1) is 20.3 Å². The maximum atomic E-state index is 12.2. The van der Waals surface area contributed by atoms with Gasteiger partial charge in [-0.15, -0.1) is 0 Å². The highest BCUT2D eigenvalue weighted by atomic mass is 79.9. The molecular weight excluding hydrogens is 388 g/mol. The molecule has 0 fully saturated rings. The minimum absolute atomic E-state index is 0.201. The van der Waals surface area contributed by atoms with Crippen LogP contribution in [-0.2, 0) is 0 Å². The molecule has 1 aliphatic heterocycles. The van der Waals surface area contributed by atoms with Gasteiger partial charge in [-0.1, -0.05) is 39.0 Å². The quantitative estimate of drug-likeness (QED) is 0.536. The van der Waals surface area contributed by atoms with Gasteiger partial charge in [0.15, 0.2) is 0 Å². The summed E-state index contributed by atoms with van der Waals surface area (Å²) < 4.78 is 1.14. The summed E-state index contributed by atoms with van der Waals surface area (Å²) in [5.74, 6) is -0.403. The van der Waals surface area contributed by atoms with Crippen molar-refractivity contribution in [2.75, 3.05) is 6.54 Å². The fourth-order valence-corrected chi connectivity index (χ4v) is 3.86. The van der Waals surface area contributed by atoms with E-state index in [1.807, 2.05) is 0 Å². The molecule has 2 rings (SSSR count). The minimum atomic E-state index is -0.201. The first kappa shape index (κ1) is 15.8. The van der Waals surface area contributed by atoms with Crippen LogP contribution in [0.5, 0.6) is 0 Å². The van der Waals surface area contributed by atoms with Crippen molar-refractivity contribution < 1.29 is 9.59 Å². The maximum Gasteiger partial charge on any atom is 0.264 e. The van der Waals surface area contributed by atoms with Crippen molar-refractivity contribution in [2.24, 2.45) is 0 Å². The molecule has 0 radical (unpaired) electrons. The molecule has 6 heteroatoms. The predicted molar refractivity (Wildman–Crippen MR) is 84.9 cm³/mol. The molecule has 4 nitrogen and oxygen atoms in total. The summed E-state index contributed by atoms with van der Waals surface area (Å²) in [5, 5.41) is 0. The van der Waals surface area contributed by atoms with Crippen LogP contribution >= 0.6 is 31.9 Å². The number of amides is 2. The van der Waals surface area contributed by atoms with Crippen molar-refractivity contribution >= 4 is 43.7 Å². The molecule has 0 atom stereocenters. The Balaban J connectivity index is 1.91. The van der Waals surface area contributed by atoms with Gasteiger partial charge in [-0.3, -0.25) is 14.5 Å². The van der Waals surface area contributed by atoms with Gasteiger partial charge in [-0.25, -0.2) is 0 Å². The Morgan fingerprint density at radius 3 is 1.95 bits per heavy atom. The van der Waals surface area contributed by atoms with E-state index in [0.29, 0.717) is 26.9 Å². The van der Waals surface area contributed by atoms with Crippen LogP contribution in [0.15, 0.2) is 9.21 Å². The van der Waals surface area contributed by atoms with Gasteiger partial charge in [0.1, 0.15) is 0 Å².